The van der Waals surface area contributed by atoms with Crippen LogP contribution in [0.4, 0.5) is 4.39 Å². The fourth-order valence-electron chi connectivity index (χ4n) is 1.32. The van der Waals surface area contributed by atoms with Gasteiger partial charge in [-0.2, -0.15) is 0 Å². The van der Waals surface area contributed by atoms with Gasteiger partial charge in [-0.25, -0.2) is 4.39 Å². The molecule has 0 fully saturated rings. The van der Waals surface area contributed by atoms with Crippen LogP contribution in [0.15, 0.2) is 0 Å². The van der Waals surface area contributed by atoms with E-state index in [1.807, 2.05) is 0 Å². The predicted octanol–water partition coefficient (Wildman–Crippen LogP) is 2.32. The molecule has 0 saturated carbocycles. The van der Waals surface area contributed by atoms with Gasteiger partial charge in [0.15, 0.2) is 15.2 Å². The summed E-state index contributed by atoms with van der Waals surface area (Å²) < 4.78 is 22.1. The van der Waals surface area contributed by atoms with E-state index in [2.05, 4.69) is 23.8 Å². The van der Waals surface area contributed by atoms with Crippen molar-refractivity contribution in [3.05, 3.63) is 0 Å². The zero-order chi connectivity index (χ0) is 13.4. The van der Waals surface area contributed by atoms with E-state index < -0.39 is 20.8 Å². The maximum Gasteiger partial charge on any atom is 0.188 e. The van der Waals surface area contributed by atoms with E-state index in [9.17, 15) is 9.50 Å². The smallest absolute Gasteiger partial charge is 0.188 e. The largest absolute Gasteiger partial charge is 0.417 e. The lowest BCUT2D eigenvalue weighted by Gasteiger charge is -2.25. The Morgan fingerprint density at radius 2 is 2.06 bits per heavy atom. The topological polar surface area (TPSA) is 38.7 Å². The van der Waals surface area contributed by atoms with Crippen LogP contribution in [0.5, 0.6) is 0 Å². The van der Waals surface area contributed by atoms with E-state index in [0.29, 0.717) is 19.6 Å². The fourth-order valence-corrected chi connectivity index (χ4v) is 3.12. The van der Waals surface area contributed by atoms with Gasteiger partial charge in [0.1, 0.15) is 5.60 Å². The standard InChI is InChI=1S/C12H23FO3Si/c1-5-12(2,14)7-9-16-17(3,4)10-6-8-15-11-13/h1,14H,6-11H2,2-4H3. The Hall–Kier alpha value is -0.413. The molecule has 0 bridgehead atoms. The Labute approximate surface area is 104 Å². The van der Waals surface area contributed by atoms with Crippen molar-refractivity contribution in [2.75, 3.05) is 20.1 Å². The van der Waals surface area contributed by atoms with E-state index >= 15 is 0 Å². The normalized spacial score (nSPS) is 15.3. The van der Waals surface area contributed by atoms with Gasteiger partial charge in [-0.15, -0.1) is 6.42 Å². The highest BCUT2D eigenvalue weighted by atomic mass is 28.4. The minimum absolute atomic E-state index is 0.429. The number of rotatable bonds is 9. The molecule has 0 aromatic heterocycles. The molecule has 0 aliphatic rings. The first-order valence-electron chi connectivity index (χ1n) is 5.81. The van der Waals surface area contributed by atoms with E-state index in [4.69, 9.17) is 10.8 Å². The lowest BCUT2D eigenvalue weighted by molar-refractivity contribution is 0.0575. The molecule has 17 heavy (non-hydrogen) atoms. The third-order valence-corrected chi connectivity index (χ3v) is 5.08. The molecule has 1 atom stereocenters. The molecule has 0 aromatic carbocycles. The molecule has 0 radical (unpaired) electrons. The molecule has 1 N–H and O–H groups in total. The van der Waals surface area contributed by atoms with Crippen LogP contribution in [0.1, 0.15) is 19.8 Å². The number of hydrogen-bond acceptors (Lipinski definition) is 3. The minimum Gasteiger partial charge on any atom is -0.417 e. The Morgan fingerprint density at radius 3 is 2.59 bits per heavy atom. The van der Waals surface area contributed by atoms with E-state index in [1.165, 1.54) is 0 Å². The molecule has 0 rings (SSSR count). The zero-order valence-corrected chi connectivity index (χ0v) is 12.0. The molecule has 3 nitrogen and oxygen atoms in total. The third kappa shape index (κ3) is 9.30. The number of terminal acetylenes is 1. The van der Waals surface area contributed by atoms with Gasteiger partial charge in [0.2, 0.25) is 0 Å². The summed E-state index contributed by atoms with van der Waals surface area (Å²) in [5.74, 6) is 2.32. The summed E-state index contributed by atoms with van der Waals surface area (Å²) in [6, 6.07) is 0.908. The minimum atomic E-state index is -1.75. The summed E-state index contributed by atoms with van der Waals surface area (Å²) in [4.78, 5) is 0. The van der Waals surface area contributed by atoms with Crippen molar-refractivity contribution >= 4 is 8.32 Å². The van der Waals surface area contributed by atoms with Gasteiger partial charge in [0.25, 0.3) is 0 Å². The monoisotopic (exact) mass is 262 g/mol. The summed E-state index contributed by atoms with van der Waals surface area (Å²) in [6.07, 6.45) is 6.41. The molecule has 5 heteroatoms. The molecular formula is C12H23FO3Si. The van der Waals surface area contributed by atoms with Crippen molar-refractivity contribution in [1.29, 1.82) is 0 Å². The van der Waals surface area contributed by atoms with Gasteiger partial charge >= 0.3 is 0 Å². The van der Waals surface area contributed by atoms with Crippen LogP contribution in [-0.4, -0.2) is 39.1 Å². The van der Waals surface area contributed by atoms with Crippen LogP contribution >= 0.6 is 0 Å². The van der Waals surface area contributed by atoms with Crippen molar-refractivity contribution in [3.63, 3.8) is 0 Å². The molecule has 0 heterocycles. The van der Waals surface area contributed by atoms with Crippen LogP contribution < -0.4 is 0 Å². The number of aliphatic hydroxyl groups is 1. The van der Waals surface area contributed by atoms with Crippen LogP contribution in [0.25, 0.3) is 0 Å². The van der Waals surface area contributed by atoms with Crippen LogP contribution in [0.3, 0.4) is 0 Å². The van der Waals surface area contributed by atoms with Gasteiger partial charge in [-0.1, -0.05) is 5.92 Å². The van der Waals surface area contributed by atoms with Gasteiger partial charge in [0, 0.05) is 19.6 Å². The number of halogens is 1. The highest BCUT2D eigenvalue weighted by Gasteiger charge is 2.24. The SMILES string of the molecule is C#CC(C)(O)CCO[Si](C)(C)CCCOCF. The fraction of sp³-hybridized carbons (Fsp3) is 0.833. The molecule has 0 amide bonds. The summed E-state index contributed by atoms with van der Waals surface area (Å²) in [5, 5.41) is 9.60. The van der Waals surface area contributed by atoms with Crippen molar-refractivity contribution in [1.82, 2.24) is 0 Å². The summed E-state index contributed by atoms with van der Waals surface area (Å²) >= 11 is 0. The molecule has 1 unspecified atom stereocenters. The third-order valence-electron chi connectivity index (χ3n) is 2.54. The van der Waals surface area contributed by atoms with E-state index in [-0.39, 0.29) is 0 Å². The van der Waals surface area contributed by atoms with Gasteiger partial charge in [0.05, 0.1) is 0 Å². The van der Waals surface area contributed by atoms with Gasteiger partial charge in [-0.05, 0) is 32.5 Å². The van der Waals surface area contributed by atoms with Crippen LogP contribution in [-0.2, 0) is 9.16 Å². The highest BCUT2D eigenvalue weighted by Crippen LogP contribution is 2.16. The predicted molar refractivity (Wildman–Crippen MR) is 68.9 cm³/mol. The first kappa shape index (κ1) is 16.6. The molecule has 100 valence electrons. The Morgan fingerprint density at radius 1 is 1.41 bits per heavy atom. The van der Waals surface area contributed by atoms with E-state index in [1.54, 1.807) is 6.92 Å². The second-order valence-electron chi connectivity index (χ2n) is 4.90. The second-order valence-corrected chi connectivity index (χ2v) is 9.21. The first-order chi connectivity index (χ1) is 7.83. The maximum absolute atomic E-state index is 11.7. The molecule has 0 saturated heterocycles. The quantitative estimate of drug-likeness (QED) is 0.394. The average molecular weight is 262 g/mol. The summed E-state index contributed by atoms with van der Waals surface area (Å²) in [6.45, 7) is 5.94. The number of alkyl halides is 1. The summed E-state index contributed by atoms with van der Waals surface area (Å²) in [5.41, 5.74) is -1.10. The average Bonchev–Trinajstić information content (AvgIpc) is 2.24. The molecular weight excluding hydrogens is 239 g/mol. The zero-order valence-electron chi connectivity index (χ0n) is 11.0. The van der Waals surface area contributed by atoms with Crippen LogP contribution in [0, 0.1) is 12.3 Å². The lowest BCUT2D eigenvalue weighted by atomic mass is 10.1. The Bertz CT molecular complexity index is 249. The molecule has 0 aliphatic heterocycles. The number of hydrogen-bond donors (Lipinski definition) is 1. The molecule has 0 aliphatic carbocycles. The van der Waals surface area contributed by atoms with Crippen molar-refractivity contribution < 1.29 is 18.7 Å². The lowest BCUT2D eigenvalue weighted by Crippen LogP contribution is -2.33. The van der Waals surface area contributed by atoms with Crippen molar-refractivity contribution in [3.8, 4) is 12.3 Å². The summed E-state index contributed by atoms with van der Waals surface area (Å²) in [7, 11) is -1.75. The Kier molecular flexibility index (Phi) is 7.64. The van der Waals surface area contributed by atoms with E-state index in [0.717, 1.165) is 12.5 Å². The molecule has 0 aromatic rings. The highest BCUT2D eigenvalue weighted by molar-refractivity contribution is 6.71. The van der Waals surface area contributed by atoms with Crippen LogP contribution in [0.2, 0.25) is 19.1 Å². The van der Waals surface area contributed by atoms with Gasteiger partial charge < -0.3 is 14.3 Å². The van der Waals surface area contributed by atoms with Crippen molar-refractivity contribution in [2.45, 2.75) is 44.5 Å². The Balaban J connectivity index is 3.75. The van der Waals surface area contributed by atoms with Crippen molar-refractivity contribution in [2.24, 2.45) is 0 Å². The van der Waals surface area contributed by atoms with Gasteiger partial charge in [-0.3, -0.25) is 0 Å². The second kappa shape index (κ2) is 7.83. The number of ether oxygens (including phenoxy) is 1. The maximum atomic E-state index is 11.7. The molecule has 0 spiro atoms. The first-order valence-corrected chi connectivity index (χ1v) is 8.92.